The van der Waals surface area contributed by atoms with Crippen molar-refractivity contribution in [1.29, 1.82) is 0 Å². The quantitative estimate of drug-likeness (QED) is 0.399. The van der Waals surface area contributed by atoms with Gasteiger partial charge in [-0.3, -0.25) is 0 Å². The second-order valence-corrected chi connectivity index (χ2v) is 5.39. The molecule has 2 heteroatoms. The maximum absolute atomic E-state index is 3.48. The van der Waals surface area contributed by atoms with Crippen molar-refractivity contribution in [3.63, 3.8) is 0 Å². The zero-order valence-corrected chi connectivity index (χ0v) is 10.5. The van der Waals surface area contributed by atoms with Crippen LogP contribution in [0.1, 0.15) is 38.5 Å². The van der Waals surface area contributed by atoms with E-state index in [0.29, 0.717) is 0 Å². The largest absolute Gasteiger partial charge is 0.326 e. The minimum atomic E-state index is 1.18. The van der Waals surface area contributed by atoms with Crippen LogP contribution in [-0.4, -0.2) is 36.5 Å². The molecule has 0 aliphatic carbocycles. The number of hydrogen-bond donors (Lipinski definition) is 0. The predicted octanol–water partition coefficient (Wildman–Crippen LogP) is 3.18. The predicted molar refractivity (Wildman–Crippen MR) is 62.3 cm³/mol. The number of alkyl halides is 1. The zero-order valence-electron chi connectivity index (χ0n) is 8.90. The molecule has 1 rings (SSSR count). The molecule has 78 valence electrons. The van der Waals surface area contributed by atoms with Crippen molar-refractivity contribution < 1.29 is 4.48 Å². The van der Waals surface area contributed by atoms with Crippen LogP contribution >= 0.6 is 15.9 Å². The third-order valence-electron chi connectivity index (χ3n) is 3.23. The molecule has 1 fully saturated rings. The summed E-state index contributed by atoms with van der Waals surface area (Å²) in [5.74, 6) is 0. The van der Waals surface area contributed by atoms with E-state index in [1.165, 1.54) is 68.0 Å². The van der Waals surface area contributed by atoms with Gasteiger partial charge in [0.15, 0.2) is 0 Å². The lowest BCUT2D eigenvalue weighted by Crippen LogP contribution is -2.48. The van der Waals surface area contributed by atoms with E-state index in [2.05, 4.69) is 23.0 Å². The Morgan fingerprint density at radius 3 is 2.31 bits per heavy atom. The summed E-state index contributed by atoms with van der Waals surface area (Å²) < 4.78 is 1.35. The number of rotatable bonds is 5. The normalized spacial score (nSPS) is 21.7. The molecule has 0 atom stereocenters. The SMILES string of the molecule is C[N+]1(CCCCCBr)CCCCC1. The first kappa shape index (κ1) is 11.5. The molecule has 0 amide bonds. The van der Waals surface area contributed by atoms with Crippen molar-refractivity contribution in [2.24, 2.45) is 0 Å². The van der Waals surface area contributed by atoms with Crippen molar-refractivity contribution in [3.05, 3.63) is 0 Å². The van der Waals surface area contributed by atoms with Gasteiger partial charge in [-0.2, -0.15) is 0 Å². The van der Waals surface area contributed by atoms with Crippen molar-refractivity contribution >= 4 is 15.9 Å². The lowest BCUT2D eigenvalue weighted by Gasteiger charge is -2.37. The van der Waals surface area contributed by atoms with E-state index in [-0.39, 0.29) is 0 Å². The summed E-state index contributed by atoms with van der Waals surface area (Å²) in [5, 5.41) is 1.18. The molecule has 0 saturated carbocycles. The molecule has 0 radical (unpaired) electrons. The van der Waals surface area contributed by atoms with Crippen molar-refractivity contribution in [2.75, 3.05) is 32.0 Å². The average Bonchev–Trinajstić information content (AvgIpc) is 2.14. The third-order valence-corrected chi connectivity index (χ3v) is 3.79. The van der Waals surface area contributed by atoms with Gasteiger partial charge in [-0.25, -0.2) is 0 Å². The Labute approximate surface area is 91.2 Å². The molecule has 0 aromatic carbocycles. The molecule has 0 aromatic heterocycles. The fourth-order valence-electron chi connectivity index (χ4n) is 2.26. The molecule has 0 aromatic rings. The van der Waals surface area contributed by atoms with E-state index in [0.717, 1.165) is 0 Å². The molecule has 1 aliphatic heterocycles. The van der Waals surface area contributed by atoms with Crippen molar-refractivity contribution in [3.8, 4) is 0 Å². The summed E-state index contributed by atoms with van der Waals surface area (Å²) >= 11 is 3.48. The lowest BCUT2D eigenvalue weighted by molar-refractivity contribution is -0.914. The summed E-state index contributed by atoms with van der Waals surface area (Å²) in [5.41, 5.74) is 0. The fourth-order valence-corrected chi connectivity index (χ4v) is 2.66. The average molecular weight is 249 g/mol. The van der Waals surface area contributed by atoms with Crippen LogP contribution < -0.4 is 0 Å². The number of piperidine rings is 1. The molecule has 0 bridgehead atoms. The van der Waals surface area contributed by atoms with Gasteiger partial charge in [0.05, 0.1) is 26.7 Å². The molecule has 0 unspecified atom stereocenters. The Bertz CT molecular complexity index is 130. The van der Waals surface area contributed by atoms with Gasteiger partial charge in [-0.1, -0.05) is 15.9 Å². The van der Waals surface area contributed by atoms with Gasteiger partial charge < -0.3 is 4.48 Å². The van der Waals surface area contributed by atoms with E-state index in [1.54, 1.807) is 0 Å². The van der Waals surface area contributed by atoms with Crippen LogP contribution in [0.2, 0.25) is 0 Å². The van der Waals surface area contributed by atoms with Crippen LogP contribution in [0.15, 0.2) is 0 Å². The van der Waals surface area contributed by atoms with Crippen LogP contribution in [0.25, 0.3) is 0 Å². The first-order valence-corrected chi connectivity index (χ1v) is 6.78. The zero-order chi connectivity index (χ0) is 9.57. The molecule has 0 N–H and O–H groups in total. The summed E-state index contributed by atoms with van der Waals surface area (Å²) in [7, 11) is 2.44. The van der Waals surface area contributed by atoms with Gasteiger partial charge >= 0.3 is 0 Å². The van der Waals surface area contributed by atoms with Crippen LogP contribution in [-0.2, 0) is 0 Å². The third kappa shape index (κ3) is 4.46. The van der Waals surface area contributed by atoms with Crippen molar-refractivity contribution in [2.45, 2.75) is 38.5 Å². The van der Waals surface area contributed by atoms with Crippen LogP contribution in [0.5, 0.6) is 0 Å². The molecular formula is C11H23BrN+. The second kappa shape index (κ2) is 6.02. The summed E-state index contributed by atoms with van der Waals surface area (Å²) in [4.78, 5) is 0. The van der Waals surface area contributed by atoms with Gasteiger partial charge in [0.2, 0.25) is 0 Å². The second-order valence-electron chi connectivity index (χ2n) is 4.60. The van der Waals surface area contributed by atoms with Crippen LogP contribution in [0.4, 0.5) is 0 Å². The van der Waals surface area contributed by atoms with E-state index in [1.807, 2.05) is 0 Å². The van der Waals surface area contributed by atoms with Gasteiger partial charge in [0.25, 0.3) is 0 Å². The topological polar surface area (TPSA) is 0 Å². The Morgan fingerprint density at radius 2 is 1.69 bits per heavy atom. The Hall–Kier alpha value is 0.440. The standard InChI is InChI=1S/C11H23BrN/c1-13(9-5-2-4-8-12)10-6-3-7-11-13/h2-11H2,1H3/q+1. The van der Waals surface area contributed by atoms with Gasteiger partial charge in [-0.15, -0.1) is 0 Å². The maximum Gasteiger partial charge on any atom is 0.0784 e. The molecule has 0 spiro atoms. The summed E-state index contributed by atoms with van der Waals surface area (Å²) in [6.45, 7) is 4.26. The van der Waals surface area contributed by atoms with E-state index < -0.39 is 0 Å². The smallest absolute Gasteiger partial charge is 0.0784 e. The highest BCUT2D eigenvalue weighted by molar-refractivity contribution is 9.09. The number of unbranched alkanes of at least 4 members (excludes halogenated alkanes) is 2. The van der Waals surface area contributed by atoms with E-state index >= 15 is 0 Å². The number of halogens is 1. The molecule has 1 saturated heterocycles. The number of likely N-dealkylation sites (tertiary alicyclic amines) is 1. The lowest BCUT2D eigenvalue weighted by atomic mass is 10.1. The Morgan fingerprint density at radius 1 is 1.00 bits per heavy atom. The molecular weight excluding hydrogens is 226 g/mol. The summed E-state index contributed by atoms with van der Waals surface area (Å²) in [6.07, 6.45) is 8.54. The highest BCUT2D eigenvalue weighted by Gasteiger charge is 2.23. The van der Waals surface area contributed by atoms with Crippen LogP contribution in [0, 0.1) is 0 Å². The van der Waals surface area contributed by atoms with Crippen molar-refractivity contribution in [1.82, 2.24) is 0 Å². The van der Waals surface area contributed by atoms with Gasteiger partial charge in [0, 0.05) is 5.33 Å². The fraction of sp³-hybridized carbons (Fsp3) is 1.00. The Kier molecular flexibility index (Phi) is 5.34. The minimum Gasteiger partial charge on any atom is -0.326 e. The first-order chi connectivity index (χ1) is 6.27. The Balaban J connectivity index is 2.10. The molecule has 1 nitrogen and oxygen atoms in total. The number of hydrogen-bond acceptors (Lipinski definition) is 0. The summed E-state index contributed by atoms with van der Waals surface area (Å²) in [6, 6.07) is 0. The molecule has 1 aliphatic rings. The van der Waals surface area contributed by atoms with Gasteiger partial charge in [-0.05, 0) is 38.5 Å². The minimum absolute atomic E-state index is 1.18. The van der Waals surface area contributed by atoms with E-state index in [4.69, 9.17) is 0 Å². The maximum atomic E-state index is 3.48. The number of nitrogens with zero attached hydrogens (tertiary/aromatic N) is 1. The first-order valence-electron chi connectivity index (χ1n) is 5.66. The van der Waals surface area contributed by atoms with E-state index in [9.17, 15) is 0 Å². The monoisotopic (exact) mass is 248 g/mol. The highest BCUT2D eigenvalue weighted by atomic mass is 79.9. The highest BCUT2D eigenvalue weighted by Crippen LogP contribution is 2.17. The van der Waals surface area contributed by atoms with Crippen LogP contribution in [0.3, 0.4) is 0 Å². The van der Waals surface area contributed by atoms with Gasteiger partial charge in [0.1, 0.15) is 0 Å². The number of quaternary nitrogens is 1. The molecule has 13 heavy (non-hydrogen) atoms. The molecule has 1 heterocycles.